The summed E-state index contributed by atoms with van der Waals surface area (Å²) in [5.41, 5.74) is 0.617. The van der Waals surface area contributed by atoms with E-state index in [4.69, 9.17) is 4.74 Å². The summed E-state index contributed by atoms with van der Waals surface area (Å²) in [6.07, 6.45) is 1.87. The highest BCUT2D eigenvalue weighted by molar-refractivity contribution is 5.87. The lowest BCUT2D eigenvalue weighted by molar-refractivity contribution is 0.419. The highest BCUT2D eigenvalue weighted by atomic mass is 19.1. The van der Waals surface area contributed by atoms with Crippen molar-refractivity contribution in [1.82, 2.24) is 4.57 Å². The van der Waals surface area contributed by atoms with Gasteiger partial charge in [-0.15, -0.1) is 0 Å². The van der Waals surface area contributed by atoms with Gasteiger partial charge in [-0.25, -0.2) is 4.39 Å². The summed E-state index contributed by atoms with van der Waals surface area (Å²) in [4.78, 5) is 0. The molecule has 0 bridgehead atoms. The molecule has 0 saturated carbocycles. The van der Waals surface area contributed by atoms with Gasteiger partial charge in [0.15, 0.2) is 0 Å². The van der Waals surface area contributed by atoms with Crippen molar-refractivity contribution in [3.63, 3.8) is 0 Å². The Bertz CT molecular complexity index is 462. The molecule has 1 aromatic carbocycles. The summed E-state index contributed by atoms with van der Waals surface area (Å²) in [5, 5.41) is 0.828. The van der Waals surface area contributed by atoms with Gasteiger partial charge in [0, 0.05) is 18.1 Å². The molecule has 1 heterocycles. The van der Waals surface area contributed by atoms with Crippen LogP contribution in [0.15, 0.2) is 24.4 Å². The molecule has 0 unspecified atom stereocenters. The van der Waals surface area contributed by atoms with Crippen LogP contribution in [0.5, 0.6) is 5.75 Å². The molecular formula is C11H12FNO. The molecule has 0 N–H and O–H groups in total. The van der Waals surface area contributed by atoms with Crippen molar-refractivity contribution in [1.29, 1.82) is 0 Å². The monoisotopic (exact) mass is 193 g/mol. The molecule has 2 aromatic rings. The molecule has 1 aromatic heterocycles. The molecule has 0 aliphatic carbocycles. The van der Waals surface area contributed by atoms with Crippen LogP contribution >= 0.6 is 0 Å². The first-order valence-corrected chi connectivity index (χ1v) is 4.59. The van der Waals surface area contributed by atoms with E-state index in [1.807, 2.05) is 23.8 Å². The van der Waals surface area contributed by atoms with Crippen molar-refractivity contribution in [2.24, 2.45) is 0 Å². The van der Waals surface area contributed by atoms with E-state index in [1.165, 1.54) is 6.07 Å². The molecule has 0 spiro atoms. The maximum absolute atomic E-state index is 13.5. The summed E-state index contributed by atoms with van der Waals surface area (Å²) >= 11 is 0. The Morgan fingerprint density at radius 3 is 2.79 bits per heavy atom. The quantitative estimate of drug-likeness (QED) is 0.715. The number of hydrogen-bond donors (Lipinski definition) is 0. The normalized spacial score (nSPS) is 10.8. The number of aromatic nitrogens is 1. The average Bonchev–Trinajstić information content (AvgIpc) is 2.63. The fourth-order valence-electron chi connectivity index (χ4n) is 1.70. The van der Waals surface area contributed by atoms with Crippen LogP contribution in [-0.4, -0.2) is 11.7 Å². The van der Waals surface area contributed by atoms with Crippen LogP contribution in [0.4, 0.5) is 4.39 Å². The first-order chi connectivity index (χ1) is 6.77. The number of rotatable bonds is 2. The van der Waals surface area contributed by atoms with E-state index >= 15 is 0 Å². The van der Waals surface area contributed by atoms with Gasteiger partial charge in [0.25, 0.3) is 0 Å². The van der Waals surface area contributed by atoms with E-state index in [-0.39, 0.29) is 5.82 Å². The smallest absolute Gasteiger partial charge is 0.147 e. The van der Waals surface area contributed by atoms with Gasteiger partial charge in [-0.1, -0.05) is 0 Å². The maximum atomic E-state index is 13.5. The van der Waals surface area contributed by atoms with Crippen LogP contribution in [0, 0.1) is 5.82 Å². The highest BCUT2D eigenvalue weighted by Crippen LogP contribution is 2.28. The summed E-state index contributed by atoms with van der Waals surface area (Å²) < 4.78 is 20.5. The minimum atomic E-state index is -0.201. The summed E-state index contributed by atoms with van der Waals surface area (Å²) in [5.74, 6) is 0.515. The fourth-order valence-corrected chi connectivity index (χ4v) is 1.70. The Morgan fingerprint density at radius 1 is 1.36 bits per heavy atom. The van der Waals surface area contributed by atoms with Gasteiger partial charge in [-0.05, 0) is 25.1 Å². The van der Waals surface area contributed by atoms with Gasteiger partial charge in [0.1, 0.15) is 11.6 Å². The topological polar surface area (TPSA) is 14.2 Å². The van der Waals surface area contributed by atoms with E-state index in [2.05, 4.69) is 0 Å². The summed E-state index contributed by atoms with van der Waals surface area (Å²) in [6.45, 7) is 2.74. The number of benzene rings is 1. The van der Waals surface area contributed by atoms with Crippen molar-refractivity contribution in [3.05, 3.63) is 30.2 Å². The predicted molar refractivity (Wildman–Crippen MR) is 54.1 cm³/mol. The number of fused-ring (bicyclic) bond motifs is 1. The first kappa shape index (κ1) is 9.06. The number of hydrogen-bond acceptors (Lipinski definition) is 1. The van der Waals surface area contributed by atoms with Gasteiger partial charge < -0.3 is 9.30 Å². The molecule has 0 fully saturated rings. The average molecular weight is 193 g/mol. The van der Waals surface area contributed by atoms with Crippen LogP contribution in [0.25, 0.3) is 10.9 Å². The Balaban J connectivity index is 2.80. The lowest BCUT2D eigenvalue weighted by atomic mass is 10.2. The van der Waals surface area contributed by atoms with Crippen LogP contribution in [0.1, 0.15) is 6.92 Å². The number of halogens is 1. The molecule has 0 aliphatic heterocycles. The van der Waals surface area contributed by atoms with Gasteiger partial charge >= 0.3 is 0 Å². The van der Waals surface area contributed by atoms with Crippen molar-refractivity contribution in [3.8, 4) is 5.75 Å². The number of ether oxygens (including phenoxy) is 1. The zero-order chi connectivity index (χ0) is 10.1. The predicted octanol–water partition coefficient (Wildman–Crippen LogP) is 2.81. The molecule has 2 rings (SSSR count). The van der Waals surface area contributed by atoms with Gasteiger partial charge in [0.2, 0.25) is 0 Å². The van der Waals surface area contributed by atoms with Gasteiger partial charge in [-0.2, -0.15) is 0 Å². The Morgan fingerprint density at radius 2 is 2.14 bits per heavy atom. The lowest BCUT2D eigenvalue weighted by Gasteiger charge is -2.05. The van der Waals surface area contributed by atoms with Crippen molar-refractivity contribution >= 4 is 10.9 Å². The largest absolute Gasteiger partial charge is 0.496 e. The molecule has 0 aliphatic rings. The number of nitrogens with zero attached hydrogens (tertiary/aromatic N) is 1. The Labute approximate surface area is 81.9 Å². The van der Waals surface area contributed by atoms with E-state index in [0.717, 1.165) is 11.9 Å². The SMILES string of the molecule is CCn1ccc2c(OC)ccc(F)c21. The van der Waals surface area contributed by atoms with Crippen molar-refractivity contribution in [2.75, 3.05) is 7.11 Å². The molecule has 0 amide bonds. The third kappa shape index (κ3) is 1.16. The summed E-state index contributed by atoms with van der Waals surface area (Å²) in [7, 11) is 1.59. The molecule has 3 heteroatoms. The van der Waals surface area contributed by atoms with Crippen molar-refractivity contribution < 1.29 is 9.13 Å². The second-order valence-corrected chi connectivity index (χ2v) is 3.11. The third-order valence-electron chi connectivity index (χ3n) is 2.40. The molecule has 2 nitrogen and oxygen atoms in total. The van der Waals surface area contributed by atoms with E-state index in [9.17, 15) is 4.39 Å². The van der Waals surface area contributed by atoms with Gasteiger partial charge in [-0.3, -0.25) is 0 Å². The number of aryl methyl sites for hydroxylation is 1. The zero-order valence-corrected chi connectivity index (χ0v) is 8.25. The van der Waals surface area contributed by atoms with E-state index in [0.29, 0.717) is 11.3 Å². The van der Waals surface area contributed by atoms with E-state index < -0.39 is 0 Å². The molecule has 74 valence electrons. The van der Waals surface area contributed by atoms with Gasteiger partial charge in [0.05, 0.1) is 12.6 Å². The van der Waals surface area contributed by atoms with Crippen LogP contribution in [0.3, 0.4) is 0 Å². The highest BCUT2D eigenvalue weighted by Gasteiger charge is 2.09. The third-order valence-corrected chi connectivity index (χ3v) is 2.40. The van der Waals surface area contributed by atoms with E-state index in [1.54, 1.807) is 13.2 Å². The molecule has 14 heavy (non-hydrogen) atoms. The molecule has 0 radical (unpaired) electrons. The summed E-state index contributed by atoms with van der Waals surface area (Å²) in [6, 6.07) is 4.96. The minimum Gasteiger partial charge on any atom is -0.496 e. The van der Waals surface area contributed by atoms with Crippen LogP contribution < -0.4 is 4.74 Å². The van der Waals surface area contributed by atoms with Crippen molar-refractivity contribution in [2.45, 2.75) is 13.5 Å². The Kier molecular flexibility index (Phi) is 2.15. The standard InChI is InChI=1S/C11H12FNO/c1-3-13-7-6-8-10(14-2)5-4-9(12)11(8)13/h4-7H,3H2,1-2H3. The Hall–Kier alpha value is -1.51. The second kappa shape index (κ2) is 3.33. The van der Waals surface area contributed by atoms with Crippen LogP contribution in [-0.2, 0) is 6.54 Å². The maximum Gasteiger partial charge on any atom is 0.147 e. The molecular weight excluding hydrogens is 181 g/mol. The van der Waals surface area contributed by atoms with Crippen LogP contribution in [0.2, 0.25) is 0 Å². The molecule has 0 saturated heterocycles. The minimum absolute atomic E-state index is 0.201. The fraction of sp³-hybridized carbons (Fsp3) is 0.273. The zero-order valence-electron chi connectivity index (χ0n) is 8.25. The molecule has 0 atom stereocenters. The lowest BCUT2D eigenvalue weighted by Crippen LogP contribution is -1.94. The number of methoxy groups -OCH3 is 1. The first-order valence-electron chi connectivity index (χ1n) is 4.59. The second-order valence-electron chi connectivity index (χ2n) is 3.11.